The van der Waals surface area contributed by atoms with E-state index in [0.29, 0.717) is 0 Å². The van der Waals surface area contributed by atoms with E-state index in [9.17, 15) is 0 Å². The lowest BCUT2D eigenvalue weighted by Gasteiger charge is -2.29. The van der Waals surface area contributed by atoms with Crippen molar-refractivity contribution in [3.63, 3.8) is 0 Å². The summed E-state index contributed by atoms with van der Waals surface area (Å²) < 4.78 is 4.62. The van der Waals surface area contributed by atoms with Gasteiger partial charge in [-0.15, -0.1) is 0 Å². The number of pyridine rings is 1. The lowest BCUT2D eigenvalue weighted by Crippen LogP contribution is -2.15. The number of nitrogens with one attached hydrogen (secondary N) is 1. The van der Waals surface area contributed by atoms with E-state index in [2.05, 4.69) is 69.1 Å². The van der Waals surface area contributed by atoms with Gasteiger partial charge in [-0.3, -0.25) is 9.00 Å². The molecule has 0 aliphatic rings. The monoisotopic (exact) mass is 330 g/mol. The lowest BCUT2D eigenvalue weighted by atomic mass is 10.2. The van der Waals surface area contributed by atoms with Crippen molar-refractivity contribution in [2.24, 2.45) is 0 Å². The molecule has 4 nitrogen and oxygen atoms in total. The molecule has 6 heteroatoms. The molecule has 1 unspecified atom stereocenters. The van der Waals surface area contributed by atoms with E-state index in [-0.39, 0.29) is 0 Å². The van der Waals surface area contributed by atoms with E-state index in [1.165, 1.54) is 10.9 Å². The minimum absolute atomic E-state index is 0.519. The van der Waals surface area contributed by atoms with Crippen molar-refractivity contribution in [1.82, 2.24) is 9.31 Å². The Labute approximate surface area is 135 Å². The highest BCUT2D eigenvalue weighted by Crippen LogP contribution is 2.48. The number of aromatic nitrogens is 2. The summed E-state index contributed by atoms with van der Waals surface area (Å²) in [5, 5.41) is 8.88. The molecule has 0 saturated carbocycles. The molecule has 0 aromatic carbocycles. The second-order valence-corrected chi connectivity index (χ2v) is 8.13. The summed E-state index contributed by atoms with van der Waals surface area (Å²) in [5.74, 6) is 0.860. The molecule has 3 heterocycles. The Morgan fingerprint density at radius 3 is 2.82 bits per heavy atom. The first-order valence-electron chi connectivity index (χ1n) is 6.97. The zero-order valence-electron chi connectivity index (χ0n) is 12.9. The van der Waals surface area contributed by atoms with Crippen LogP contribution in [0.15, 0.2) is 41.9 Å². The van der Waals surface area contributed by atoms with Crippen molar-refractivity contribution in [3.8, 4) is 16.5 Å². The number of hydrogen-bond donors (Lipinski definition) is 1. The van der Waals surface area contributed by atoms with Gasteiger partial charge in [-0.05, 0) is 37.0 Å². The maximum Gasteiger partial charge on any atom is 0.135 e. The molecular weight excluding hydrogens is 311 g/mol. The zero-order valence-corrected chi connectivity index (χ0v) is 14.7. The van der Waals surface area contributed by atoms with Crippen molar-refractivity contribution >= 4 is 31.1 Å². The van der Waals surface area contributed by atoms with Gasteiger partial charge >= 0.3 is 0 Å². The Balaban J connectivity index is 2.15. The SMILES string of the molecule is C=Cc1c(-n2cc(-c3ccsc3)p2N(C)C)ccnc1NC. The highest BCUT2D eigenvalue weighted by Gasteiger charge is 2.20. The molecule has 3 rings (SSSR count). The second-order valence-electron chi connectivity index (χ2n) is 5.05. The summed E-state index contributed by atoms with van der Waals surface area (Å²) >= 11 is 1.74. The van der Waals surface area contributed by atoms with Crippen LogP contribution in [0, 0.1) is 0 Å². The zero-order chi connectivity index (χ0) is 15.7. The van der Waals surface area contributed by atoms with Gasteiger partial charge in [0.25, 0.3) is 0 Å². The molecule has 0 aliphatic heterocycles. The van der Waals surface area contributed by atoms with Crippen LogP contribution >= 0.6 is 19.2 Å². The van der Waals surface area contributed by atoms with Crippen LogP contribution in [0.4, 0.5) is 5.82 Å². The predicted octanol–water partition coefficient (Wildman–Crippen LogP) is 4.47. The Bertz CT molecular complexity index is 783. The van der Waals surface area contributed by atoms with E-state index < -0.39 is 7.84 Å². The maximum absolute atomic E-state index is 4.37. The fourth-order valence-corrected chi connectivity index (χ4v) is 5.33. The third-order valence-electron chi connectivity index (χ3n) is 3.51. The number of rotatable bonds is 5. The van der Waals surface area contributed by atoms with Crippen molar-refractivity contribution in [2.75, 3.05) is 31.1 Å². The van der Waals surface area contributed by atoms with Gasteiger partial charge in [0, 0.05) is 43.7 Å². The van der Waals surface area contributed by atoms with Crippen LogP contribution in [-0.2, 0) is 0 Å². The molecule has 0 fully saturated rings. The van der Waals surface area contributed by atoms with E-state index in [1.807, 2.05) is 19.3 Å². The Kier molecular flexibility index (Phi) is 4.21. The molecule has 0 aliphatic carbocycles. The number of anilines is 1. The molecule has 3 aromatic rings. The first-order valence-corrected chi connectivity index (χ1v) is 9.16. The summed E-state index contributed by atoms with van der Waals surface area (Å²) in [6.45, 7) is 3.95. The molecule has 0 spiro atoms. The van der Waals surface area contributed by atoms with Crippen molar-refractivity contribution in [3.05, 3.63) is 47.4 Å². The topological polar surface area (TPSA) is 33.1 Å². The average Bonchev–Trinajstić information content (AvgIpc) is 2.99. The third kappa shape index (κ3) is 2.41. The van der Waals surface area contributed by atoms with Gasteiger partial charge in [-0.25, -0.2) is 4.98 Å². The summed E-state index contributed by atoms with van der Waals surface area (Å²) in [4.78, 5) is 4.37. The molecule has 0 amide bonds. The highest BCUT2D eigenvalue weighted by molar-refractivity contribution is 7.52. The van der Waals surface area contributed by atoms with Crippen molar-refractivity contribution < 1.29 is 0 Å². The maximum atomic E-state index is 4.37. The Morgan fingerprint density at radius 1 is 1.41 bits per heavy atom. The minimum atomic E-state index is -0.519. The molecule has 1 N–H and O–H groups in total. The number of nitrogens with zero attached hydrogens (tertiary/aromatic N) is 3. The number of thiophene rings is 1. The fourth-order valence-electron chi connectivity index (χ4n) is 2.53. The van der Waals surface area contributed by atoms with Gasteiger partial charge in [0.05, 0.1) is 5.69 Å². The van der Waals surface area contributed by atoms with E-state index in [0.717, 1.165) is 17.1 Å². The van der Waals surface area contributed by atoms with E-state index >= 15 is 0 Å². The summed E-state index contributed by atoms with van der Waals surface area (Å²) in [6.07, 6.45) is 5.94. The first kappa shape index (κ1) is 15.1. The Morgan fingerprint density at radius 2 is 2.23 bits per heavy atom. The molecule has 0 saturated heterocycles. The van der Waals surface area contributed by atoms with E-state index in [1.54, 1.807) is 11.3 Å². The largest absolute Gasteiger partial charge is 0.373 e. The Hall–Kier alpha value is -1.81. The molecule has 0 bridgehead atoms. The fraction of sp³-hybridized carbons (Fsp3) is 0.188. The molecule has 1 atom stereocenters. The molecule has 0 radical (unpaired) electrons. The highest BCUT2D eigenvalue weighted by atomic mass is 32.1. The molecule has 3 aromatic heterocycles. The standard InChI is InChI=1S/C16H19N4PS/c1-5-13-14(6-8-18-16(13)17-2)20-10-15(21(20)19(3)4)12-7-9-22-11-12/h5-11H,1H2,2-4H3,(H,17,18). The molecule has 114 valence electrons. The van der Waals surface area contributed by atoms with E-state index in [4.69, 9.17) is 0 Å². The minimum Gasteiger partial charge on any atom is -0.373 e. The van der Waals surface area contributed by atoms with Gasteiger partial charge in [0.1, 0.15) is 5.82 Å². The van der Waals surface area contributed by atoms with Gasteiger partial charge in [0.2, 0.25) is 0 Å². The van der Waals surface area contributed by atoms with Gasteiger partial charge in [0.15, 0.2) is 0 Å². The summed E-state index contributed by atoms with van der Waals surface area (Å²) in [7, 11) is 5.63. The van der Waals surface area contributed by atoms with Gasteiger partial charge in [-0.2, -0.15) is 11.3 Å². The van der Waals surface area contributed by atoms with Crippen LogP contribution in [-0.4, -0.2) is 30.5 Å². The van der Waals surface area contributed by atoms with Crippen molar-refractivity contribution in [2.45, 2.75) is 0 Å². The normalized spacial score (nSPS) is 11.9. The van der Waals surface area contributed by atoms with Crippen LogP contribution in [0.3, 0.4) is 0 Å². The van der Waals surface area contributed by atoms with Gasteiger partial charge < -0.3 is 5.32 Å². The van der Waals surface area contributed by atoms with Crippen LogP contribution in [0.25, 0.3) is 22.6 Å². The lowest BCUT2D eigenvalue weighted by molar-refractivity contribution is 1.10. The number of hydrogen-bond acceptors (Lipinski definition) is 4. The smallest absolute Gasteiger partial charge is 0.135 e. The van der Waals surface area contributed by atoms with Gasteiger partial charge in [-0.1, -0.05) is 12.7 Å². The molecule has 22 heavy (non-hydrogen) atoms. The first-order chi connectivity index (χ1) is 10.7. The van der Waals surface area contributed by atoms with Crippen molar-refractivity contribution in [1.29, 1.82) is 0 Å². The summed E-state index contributed by atoms with van der Waals surface area (Å²) in [6, 6.07) is 4.24. The van der Waals surface area contributed by atoms with Crippen LogP contribution in [0.5, 0.6) is 0 Å². The average molecular weight is 330 g/mol. The second kappa shape index (κ2) is 6.13. The molecular formula is C16H19N4PS. The van der Waals surface area contributed by atoms with Crippen LogP contribution in [0.1, 0.15) is 5.56 Å². The quantitative estimate of drug-likeness (QED) is 0.749. The third-order valence-corrected chi connectivity index (χ3v) is 6.50. The summed E-state index contributed by atoms with van der Waals surface area (Å²) in [5.41, 5.74) is 3.51. The van der Waals surface area contributed by atoms with Crippen LogP contribution in [0.2, 0.25) is 0 Å². The predicted molar refractivity (Wildman–Crippen MR) is 99.3 cm³/mol. The van der Waals surface area contributed by atoms with Crippen LogP contribution < -0.4 is 9.99 Å².